The van der Waals surface area contributed by atoms with E-state index < -0.39 is 0 Å². The molecule has 0 aliphatic rings. The van der Waals surface area contributed by atoms with E-state index in [-0.39, 0.29) is 11.5 Å². The van der Waals surface area contributed by atoms with Crippen LogP contribution < -0.4 is 0 Å². The van der Waals surface area contributed by atoms with Crippen LogP contribution >= 0.6 is 0 Å². The molecule has 0 aliphatic heterocycles. The van der Waals surface area contributed by atoms with Crippen molar-refractivity contribution in [1.29, 1.82) is 0 Å². The zero-order valence-electron chi connectivity index (χ0n) is 14.5. The standard InChI is InChI=1S/C19H38O/c1-5-6-7-8-9-10-11-12-13-14-15-16-17-18(20)19(2,3)4/h13-14,18,20H,5-12,15-17H2,1-4H3/b14-13-/t18-/m1/s1. The van der Waals surface area contributed by atoms with E-state index in [0.29, 0.717) is 0 Å². The van der Waals surface area contributed by atoms with E-state index in [4.69, 9.17) is 0 Å². The highest BCUT2D eigenvalue weighted by Gasteiger charge is 2.20. The van der Waals surface area contributed by atoms with Gasteiger partial charge < -0.3 is 5.11 Å². The summed E-state index contributed by atoms with van der Waals surface area (Å²) in [5.74, 6) is 0. The summed E-state index contributed by atoms with van der Waals surface area (Å²) < 4.78 is 0. The maximum atomic E-state index is 9.92. The number of rotatable bonds is 12. The molecule has 0 rings (SSSR count). The van der Waals surface area contributed by atoms with Crippen LogP contribution in [0.4, 0.5) is 0 Å². The van der Waals surface area contributed by atoms with Crippen molar-refractivity contribution >= 4 is 0 Å². The molecule has 20 heavy (non-hydrogen) atoms. The van der Waals surface area contributed by atoms with Gasteiger partial charge in [-0.3, -0.25) is 0 Å². The molecule has 0 radical (unpaired) electrons. The third-order valence-electron chi connectivity index (χ3n) is 3.99. The summed E-state index contributed by atoms with van der Waals surface area (Å²) >= 11 is 0. The quantitative estimate of drug-likeness (QED) is 0.331. The number of aliphatic hydroxyl groups excluding tert-OH is 1. The first-order valence-electron chi connectivity index (χ1n) is 8.81. The van der Waals surface area contributed by atoms with Crippen molar-refractivity contribution < 1.29 is 5.11 Å². The van der Waals surface area contributed by atoms with E-state index in [9.17, 15) is 5.11 Å². The van der Waals surface area contributed by atoms with E-state index in [1.165, 1.54) is 51.4 Å². The van der Waals surface area contributed by atoms with Gasteiger partial charge >= 0.3 is 0 Å². The lowest BCUT2D eigenvalue weighted by atomic mass is 9.86. The van der Waals surface area contributed by atoms with Gasteiger partial charge in [0.1, 0.15) is 0 Å². The van der Waals surface area contributed by atoms with Gasteiger partial charge in [0.25, 0.3) is 0 Å². The van der Waals surface area contributed by atoms with Crippen LogP contribution in [-0.2, 0) is 0 Å². The number of aliphatic hydroxyl groups is 1. The van der Waals surface area contributed by atoms with Crippen molar-refractivity contribution in [3.63, 3.8) is 0 Å². The van der Waals surface area contributed by atoms with Gasteiger partial charge in [0.15, 0.2) is 0 Å². The molecular formula is C19H38O. The number of allylic oxidation sites excluding steroid dienone is 2. The van der Waals surface area contributed by atoms with Crippen LogP contribution in [0.15, 0.2) is 12.2 Å². The van der Waals surface area contributed by atoms with Crippen molar-refractivity contribution in [1.82, 2.24) is 0 Å². The molecule has 0 aromatic heterocycles. The Kier molecular flexibility index (Phi) is 12.3. The van der Waals surface area contributed by atoms with E-state index >= 15 is 0 Å². The molecule has 1 atom stereocenters. The Morgan fingerprint density at radius 1 is 0.800 bits per heavy atom. The monoisotopic (exact) mass is 282 g/mol. The normalized spacial score (nSPS) is 14.1. The van der Waals surface area contributed by atoms with Gasteiger partial charge in [0.2, 0.25) is 0 Å². The average molecular weight is 283 g/mol. The molecule has 0 aliphatic carbocycles. The SMILES string of the molecule is CCCCCCCCC/C=C\CCC[C@@H](O)C(C)(C)C. The minimum atomic E-state index is -0.168. The minimum Gasteiger partial charge on any atom is -0.393 e. The molecule has 1 N–H and O–H groups in total. The second-order valence-electron chi connectivity index (χ2n) is 7.19. The second-order valence-corrected chi connectivity index (χ2v) is 7.19. The summed E-state index contributed by atoms with van der Waals surface area (Å²) in [6.07, 6.45) is 18.5. The van der Waals surface area contributed by atoms with Crippen LogP contribution in [0.25, 0.3) is 0 Å². The van der Waals surface area contributed by atoms with Gasteiger partial charge in [-0.05, 0) is 37.5 Å². The maximum Gasteiger partial charge on any atom is 0.0588 e. The van der Waals surface area contributed by atoms with E-state index in [2.05, 4.69) is 39.8 Å². The molecule has 120 valence electrons. The molecule has 0 unspecified atom stereocenters. The number of unbranched alkanes of at least 4 members (excludes halogenated alkanes) is 8. The average Bonchev–Trinajstić information content (AvgIpc) is 2.38. The fourth-order valence-electron chi connectivity index (χ4n) is 2.32. The first-order valence-corrected chi connectivity index (χ1v) is 8.81. The van der Waals surface area contributed by atoms with Crippen molar-refractivity contribution in [3.05, 3.63) is 12.2 Å². The van der Waals surface area contributed by atoms with Gasteiger partial charge in [-0.25, -0.2) is 0 Å². The van der Waals surface area contributed by atoms with Crippen LogP contribution in [0.3, 0.4) is 0 Å². The topological polar surface area (TPSA) is 20.2 Å². The molecule has 0 spiro atoms. The van der Waals surface area contributed by atoms with Gasteiger partial charge in [-0.2, -0.15) is 0 Å². The lowest BCUT2D eigenvalue weighted by molar-refractivity contribution is 0.0542. The molecule has 0 aromatic rings. The summed E-state index contributed by atoms with van der Waals surface area (Å²) in [6.45, 7) is 8.58. The largest absolute Gasteiger partial charge is 0.393 e. The van der Waals surface area contributed by atoms with Gasteiger partial charge in [0.05, 0.1) is 6.10 Å². The van der Waals surface area contributed by atoms with Crippen molar-refractivity contribution in [3.8, 4) is 0 Å². The van der Waals surface area contributed by atoms with Crippen molar-refractivity contribution in [2.75, 3.05) is 0 Å². The summed E-state index contributed by atoms with van der Waals surface area (Å²) in [4.78, 5) is 0. The Balaban J connectivity index is 3.28. The van der Waals surface area contributed by atoms with E-state index in [1.807, 2.05) is 0 Å². The Morgan fingerprint density at radius 3 is 1.85 bits per heavy atom. The lowest BCUT2D eigenvalue weighted by Crippen LogP contribution is -2.25. The third kappa shape index (κ3) is 12.7. The molecule has 0 amide bonds. The van der Waals surface area contributed by atoms with Crippen LogP contribution in [0.5, 0.6) is 0 Å². The highest BCUT2D eigenvalue weighted by atomic mass is 16.3. The molecule has 0 heterocycles. The van der Waals surface area contributed by atoms with Gasteiger partial charge in [-0.15, -0.1) is 0 Å². The molecule has 0 aromatic carbocycles. The van der Waals surface area contributed by atoms with Crippen LogP contribution in [-0.4, -0.2) is 11.2 Å². The van der Waals surface area contributed by atoms with Crippen LogP contribution in [0, 0.1) is 5.41 Å². The predicted octanol–water partition coefficient (Wildman–Crippen LogP) is 6.26. The van der Waals surface area contributed by atoms with Crippen LogP contribution in [0.2, 0.25) is 0 Å². The fraction of sp³-hybridized carbons (Fsp3) is 0.895. The summed E-state index contributed by atoms with van der Waals surface area (Å²) in [7, 11) is 0. The molecule has 1 nitrogen and oxygen atoms in total. The zero-order valence-corrected chi connectivity index (χ0v) is 14.5. The Hall–Kier alpha value is -0.300. The molecular weight excluding hydrogens is 244 g/mol. The smallest absolute Gasteiger partial charge is 0.0588 e. The lowest BCUT2D eigenvalue weighted by Gasteiger charge is -2.25. The summed E-state index contributed by atoms with van der Waals surface area (Å²) in [5.41, 5.74) is 0.0293. The first kappa shape index (κ1) is 19.7. The molecule has 0 saturated carbocycles. The van der Waals surface area contributed by atoms with Crippen LogP contribution in [0.1, 0.15) is 98.3 Å². The molecule has 0 fully saturated rings. The van der Waals surface area contributed by atoms with E-state index in [1.54, 1.807) is 0 Å². The fourth-order valence-corrected chi connectivity index (χ4v) is 2.32. The highest BCUT2D eigenvalue weighted by molar-refractivity contribution is 4.82. The molecule has 0 saturated heterocycles. The second kappa shape index (κ2) is 12.4. The zero-order chi connectivity index (χ0) is 15.3. The first-order chi connectivity index (χ1) is 9.48. The predicted molar refractivity (Wildman–Crippen MR) is 91.1 cm³/mol. The van der Waals surface area contributed by atoms with Gasteiger partial charge in [-0.1, -0.05) is 78.4 Å². The summed E-state index contributed by atoms with van der Waals surface area (Å²) in [6, 6.07) is 0. The van der Waals surface area contributed by atoms with E-state index in [0.717, 1.165) is 19.3 Å². The third-order valence-corrected chi connectivity index (χ3v) is 3.99. The maximum absolute atomic E-state index is 9.92. The van der Waals surface area contributed by atoms with Gasteiger partial charge in [0, 0.05) is 0 Å². The Labute approximate surface area is 127 Å². The molecule has 0 bridgehead atoms. The highest BCUT2D eigenvalue weighted by Crippen LogP contribution is 2.23. The van der Waals surface area contributed by atoms with Crippen molar-refractivity contribution in [2.24, 2.45) is 5.41 Å². The minimum absolute atomic E-state index is 0.0293. The van der Waals surface area contributed by atoms with Crippen molar-refractivity contribution in [2.45, 2.75) is 104 Å². The molecule has 1 heteroatoms. The Morgan fingerprint density at radius 2 is 1.30 bits per heavy atom. The number of hydrogen-bond donors (Lipinski definition) is 1. The number of hydrogen-bond acceptors (Lipinski definition) is 1. The summed E-state index contributed by atoms with van der Waals surface area (Å²) in [5, 5.41) is 9.92. The Bertz CT molecular complexity index is 224.